The summed E-state index contributed by atoms with van der Waals surface area (Å²) in [6.45, 7) is 3.94. The van der Waals surface area contributed by atoms with Crippen LogP contribution in [0.4, 0.5) is 4.39 Å². The van der Waals surface area contributed by atoms with Crippen molar-refractivity contribution in [1.82, 2.24) is 19.8 Å². The van der Waals surface area contributed by atoms with E-state index in [1.807, 2.05) is 31.2 Å². The van der Waals surface area contributed by atoms with Gasteiger partial charge in [-0.2, -0.15) is 0 Å². The van der Waals surface area contributed by atoms with Gasteiger partial charge in [-0.1, -0.05) is 42.0 Å². The molecule has 0 spiro atoms. The summed E-state index contributed by atoms with van der Waals surface area (Å²) < 4.78 is 20.1. The van der Waals surface area contributed by atoms with Crippen molar-refractivity contribution in [1.29, 1.82) is 0 Å². The summed E-state index contributed by atoms with van der Waals surface area (Å²) >= 11 is 0. The summed E-state index contributed by atoms with van der Waals surface area (Å²) in [5.74, 6) is -2.15. The Labute approximate surface area is 196 Å². The number of ether oxygens (including phenoxy) is 1. The van der Waals surface area contributed by atoms with Gasteiger partial charge in [0.15, 0.2) is 5.69 Å². The highest BCUT2D eigenvalue weighted by molar-refractivity contribution is 6.06. The van der Waals surface area contributed by atoms with Gasteiger partial charge in [-0.25, -0.2) is 14.2 Å². The van der Waals surface area contributed by atoms with Crippen LogP contribution in [0.15, 0.2) is 54.9 Å². The van der Waals surface area contributed by atoms with Crippen molar-refractivity contribution >= 4 is 17.8 Å². The summed E-state index contributed by atoms with van der Waals surface area (Å²) in [5, 5.41) is 2.92. The molecule has 34 heavy (non-hydrogen) atoms. The van der Waals surface area contributed by atoms with Crippen molar-refractivity contribution in [3.8, 4) is 0 Å². The van der Waals surface area contributed by atoms with Crippen LogP contribution in [0.5, 0.6) is 0 Å². The van der Waals surface area contributed by atoms with Crippen LogP contribution in [0.25, 0.3) is 0 Å². The number of nitrogens with zero attached hydrogens (tertiary/aromatic N) is 3. The minimum atomic E-state index is -1.32. The van der Waals surface area contributed by atoms with Crippen molar-refractivity contribution in [3.63, 3.8) is 0 Å². The molecule has 2 amide bonds. The molecule has 0 radical (unpaired) electrons. The minimum absolute atomic E-state index is 0.0309. The lowest BCUT2D eigenvalue weighted by Crippen LogP contribution is -2.63. The van der Waals surface area contributed by atoms with Crippen LogP contribution in [-0.2, 0) is 29.2 Å². The van der Waals surface area contributed by atoms with Crippen LogP contribution in [-0.4, -0.2) is 44.9 Å². The van der Waals surface area contributed by atoms with Crippen molar-refractivity contribution < 1.29 is 23.5 Å². The Balaban J connectivity index is 1.69. The third-order valence-corrected chi connectivity index (χ3v) is 6.03. The maximum atomic E-state index is 13.9. The average Bonchev–Trinajstić information content (AvgIpc) is 3.24. The number of esters is 1. The summed E-state index contributed by atoms with van der Waals surface area (Å²) in [6, 6.07) is 13.6. The van der Waals surface area contributed by atoms with Gasteiger partial charge in [0.1, 0.15) is 17.1 Å². The summed E-state index contributed by atoms with van der Waals surface area (Å²) in [7, 11) is 1.20. The van der Waals surface area contributed by atoms with Crippen LogP contribution in [0, 0.1) is 12.7 Å². The van der Waals surface area contributed by atoms with E-state index in [4.69, 9.17) is 4.74 Å². The molecular weight excluding hydrogens is 439 g/mol. The summed E-state index contributed by atoms with van der Waals surface area (Å²) in [5.41, 5.74) is 1.12. The molecule has 4 rings (SSSR count). The SMILES string of the molecule is COC(=O)c1ncn2c1C(=O)N(Cc1cccc(F)c1)[C@](C)(C(=O)NCc1ccc(C)cc1)C2. The van der Waals surface area contributed by atoms with E-state index in [0.717, 1.165) is 11.1 Å². The number of hydrogen-bond acceptors (Lipinski definition) is 5. The Morgan fingerprint density at radius 1 is 1.18 bits per heavy atom. The first kappa shape index (κ1) is 23.2. The number of imidazole rings is 1. The number of aromatic nitrogens is 2. The lowest BCUT2D eigenvalue weighted by atomic mass is 9.93. The van der Waals surface area contributed by atoms with Crippen LogP contribution >= 0.6 is 0 Å². The Morgan fingerprint density at radius 2 is 1.91 bits per heavy atom. The van der Waals surface area contributed by atoms with E-state index in [9.17, 15) is 18.8 Å². The first-order valence-electron chi connectivity index (χ1n) is 10.8. The maximum Gasteiger partial charge on any atom is 0.359 e. The topological polar surface area (TPSA) is 93.5 Å². The standard InChI is InChI=1S/C25H25FN4O4/c1-16-7-9-17(10-8-16)12-27-24(33)25(2)14-29-15-28-20(23(32)34-3)21(29)22(31)30(25)13-18-5-4-6-19(26)11-18/h4-11,15H,12-14H2,1-3H3,(H,27,33)/t25-/m0/s1. The molecule has 1 aromatic heterocycles. The number of fused-ring (bicyclic) bond motifs is 1. The van der Waals surface area contributed by atoms with Gasteiger partial charge in [0.2, 0.25) is 5.91 Å². The average molecular weight is 464 g/mol. The van der Waals surface area contributed by atoms with Gasteiger partial charge >= 0.3 is 5.97 Å². The van der Waals surface area contributed by atoms with Crippen molar-refractivity contribution in [2.45, 2.75) is 39.0 Å². The normalized spacial score (nSPS) is 17.3. The van der Waals surface area contributed by atoms with E-state index >= 15 is 0 Å². The lowest BCUT2D eigenvalue weighted by Gasteiger charge is -2.43. The van der Waals surface area contributed by atoms with Crippen LogP contribution in [0.3, 0.4) is 0 Å². The Morgan fingerprint density at radius 3 is 2.59 bits per heavy atom. The zero-order valence-corrected chi connectivity index (χ0v) is 19.2. The Hall–Kier alpha value is -4.01. The summed E-state index contributed by atoms with van der Waals surface area (Å²) in [4.78, 5) is 44.7. The first-order valence-corrected chi connectivity index (χ1v) is 10.8. The van der Waals surface area contributed by atoms with Gasteiger partial charge in [-0.15, -0.1) is 0 Å². The first-order chi connectivity index (χ1) is 16.2. The molecule has 0 saturated carbocycles. The molecule has 1 N–H and O–H groups in total. The number of benzene rings is 2. The molecule has 1 aliphatic rings. The third kappa shape index (κ3) is 4.28. The smallest absolute Gasteiger partial charge is 0.359 e. The molecule has 3 aromatic rings. The number of aryl methyl sites for hydroxylation is 1. The monoisotopic (exact) mass is 464 g/mol. The van der Waals surface area contributed by atoms with Crippen LogP contribution < -0.4 is 5.32 Å². The lowest BCUT2D eigenvalue weighted by molar-refractivity contribution is -0.133. The Kier molecular flexibility index (Phi) is 6.19. The van der Waals surface area contributed by atoms with E-state index in [1.54, 1.807) is 13.0 Å². The predicted octanol–water partition coefficient (Wildman–Crippen LogP) is 2.85. The maximum absolute atomic E-state index is 13.9. The van der Waals surface area contributed by atoms with E-state index in [2.05, 4.69) is 10.3 Å². The molecule has 9 heteroatoms. The van der Waals surface area contributed by atoms with Gasteiger partial charge in [-0.3, -0.25) is 9.59 Å². The van der Waals surface area contributed by atoms with Gasteiger partial charge < -0.3 is 19.5 Å². The number of carbonyl (C=O) groups is 3. The molecule has 0 saturated heterocycles. The fourth-order valence-electron chi connectivity index (χ4n) is 4.08. The van der Waals surface area contributed by atoms with E-state index in [-0.39, 0.29) is 36.9 Å². The molecule has 2 aromatic carbocycles. The van der Waals surface area contributed by atoms with E-state index in [0.29, 0.717) is 5.56 Å². The number of amides is 2. The highest BCUT2D eigenvalue weighted by atomic mass is 19.1. The predicted molar refractivity (Wildman–Crippen MR) is 121 cm³/mol. The van der Waals surface area contributed by atoms with Gasteiger partial charge in [-0.05, 0) is 37.1 Å². The fraction of sp³-hybridized carbons (Fsp3) is 0.280. The van der Waals surface area contributed by atoms with Crippen LogP contribution in [0.1, 0.15) is 44.6 Å². The number of methoxy groups -OCH3 is 1. The molecule has 2 heterocycles. The van der Waals surface area contributed by atoms with Gasteiger partial charge in [0, 0.05) is 13.1 Å². The molecule has 8 nitrogen and oxygen atoms in total. The molecule has 176 valence electrons. The number of carbonyl (C=O) groups excluding carboxylic acids is 3. The molecule has 0 aliphatic carbocycles. The van der Waals surface area contributed by atoms with E-state index in [1.165, 1.54) is 41.1 Å². The minimum Gasteiger partial charge on any atom is -0.464 e. The molecule has 0 bridgehead atoms. The van der Waals surface area contributed by atoms with Gasteiger partial charge in [0.25, 0.3) is 5.91 Å². The molecule has 0 fully saturated rings. The highest BCUT2D eigenvalue weighted by Crippen LogP contribution is 2.31. The summed E-state index contributed by atoms with van der Waals surface area (Å²) in [6.07, 6.45) is 1.35. The molecular formula is C25H25FN4O4. The molecule has 1 aliphatic heterocycles. The number of hydrogen-bond donors (Lipinski definition) is 1. The highest BCUT2D eigenvalue weighted by Gasteiger charge is 2.48. The van der Waals surface area contributed by atoms with Crippen LogP contribution in [0.2, 0.25) is 0 Å². The van der Waals surface area contributed by atoms with Gasteiger partial charge in [0.05, 0.1) is 20.0 Å². The number of halogens is 1. The molecule has 0 unspecified atom stereocenters. The quantitative estimate of drug-likeness (QED) is 0.567. The molecule has 1 atom stereocenters. The third-order valence-electron chi connectivity index (χ3n) is 6.03. The second-order valence-corrected chi connectivity index (χ2v) is 8.52. The zero-order chi connectivity index (χ0) is 24.5. The largest absolute Gasteiger partial charge is 0.464 e. The van der Waals surface area contributed by atoms with Crippen molar-refractivity contribution in [2.75, 3.05) is 7.11 Å². The zero-order valence-electron chi connectivity index (χ0n) is 19.2. The second-order valence-electron chi connectivity index (χ2n) is 8.52. The Bertz CT molecular complexity index is 1250. The van der Waals surface area contributed by atoms with Crippen molar-refractivity contribution in [2.24, 2.45) is 0 Å². The van der Waals surface area contributed by atoms with E-state index < -0.39 is 23.2 Å². The number of rotatable bonds is 6. The number of nitrogens with one attached hydrogen (secondary N) is 1. The fourth-order valence-corrected chi connectivity index (χ4v) is 4.08. The second kappa shape index (κ2) is 9.09. The van der Waals surface area contributed by atoms with Crippen molar-refractivity contribution in [3.05, 3.63) is 88.8 Å².